The van der Waals surface area contributed by atoms with Crippen molar-refractivity contribution < 1.29 is 4.79 Å². The van der Waals surface area contributed by atoms with Crippen LogP contribution in [0.2, 0.25) is 0 Å². The SMILES string of the molecule is O=C(NCc1cc(-c2cccs2)n[nH]1)c1ccccc1N1CCCC1. The minimum Gasteiger partial charge on any atom is -0.371 e. The lowest BCUT2D eigenvalue weighted by molar-refractivity contribution is 0.0951. The van der Waals surface area contributed by atoms with Crippen LogP contribution in [0.15, 0.2) is 47.8 Å². The predicted octanol–water partition coefficient (Wildman–Crippen LogP) is 3.67. The van der Waals surface area contributed by atoms with Gasteiger partial charge in [0.2, 0.25) is 0 Å². The van der Waals surface area contributed by atoms with E-state index in [1.54, 1.807) is 11.3 Å². The number of amides is 1. The van der Waals surface area contributed by atoms with Crippen LogP contribution in [-0.4, -0.2) is 29.2 Å². The number of thiophene rings is 1. The summed E-state index contributed by atoms with van der Waals surface area (Å²) in [5.74, 6) is -0.0465. The van der Waals surface area contributed by atoms with Crippen molar-refractivity contribution in [2.45, 2.75) is 19.4 Å². The Bertz CT molecular complexity index is 850. The molecule has 1 aliphatic heterocycles. The van der Waals surface area contributed by atoms with Crippen LogP contribution >= 0.6 is 11.3 Å². The Hall–Kier alpha value is -2.60. The third-order valence-electron chi connectivity index (χ3n) is 4.44. The van der Waals surface area contributed by atoms with E-state index in [4.69, 9.17) is 0 Å². The first-order valence-corrected chi connectivity index (χ1v) is 9.39. The molecule has 5 nitrogen and oxygen atoms in total. The first-order chi connectivity index (χ1) is 12.3. The van der Waals surface area contributed by atoms with E-state index in [1.807, 2.05) is 47.8 Å². The van der Waals surface area contributed by atoms with E-state index in [0.717, 1.165) is 40.6 Å². The largest absolute Gasteiger partial charge is 0.371 e. The number of H-pyrrole nitrogens is 1. The Morgan fingerprint density at radius 3 is 2.84 bits per heavy atom. The zero-order valence-corrected chi connectivity index (χ0v) is 14.7. The fraction of sp³-hybridized carbons (Fsp3) is 0.263. The maximum absolute atomic E-state index is 12.7. The summed E-state index contributed by atoms with van der Waals surface area (Å²) in [6, 6.07) is 13.9. The highest BCUT2D eigenvalue weighted by molar-refractivity contribution is 7.13. The van der Waals surface area contributed by atoms with Crippen molar-refractivity contribution in [2.24, 2.45) is 0 Å². The Balaban J connectivity index is 1.44. The van der Waals surface area contributed by atoms with Crippen LogP contribution in [0, 0.1) is 0 Å². The average Bonchev–Trinajstić information content (AvgIpc) is 3.41. The van der Waals surface area contributed by atoms with Crippen molar-refractivity contribution >= 4 is 22.9 Å². The predicted molar refractivity (Wildman–Crippen MR) is 101 cm³/mol. The lowest BCUT2D eigenvalue weighted by Gasteiger charge is -2.20. The molecule has 25 heavy (non-hydrogen) atoms. The molecular formula is C19H20N4OS. The number of nitrogens with zero attached hydrogens (tertiary/aromatic N) is 2. The van der Waals surface area contributed by atoms with Crippen LogP contribution in [0.1, 0.15) is 28.9 Å². The fourth-order valence-corrected chi connectivity index (χ4v) is 3.86. The number of aromatic amines is 1. The third-order valence-corrected chi connectivity index (χ3v) is 5.33. The summed E-state index contributed by atoms with van der Waals surface area (Å²) in [7, 11) is 0. The van der Waals surface area contributed by atoms with Gasteiger partial charge in [-0.1, -0.05) is 18.2 Å². The van der Waals surface area contributed by atoms with E-state index < -0.39 is 0 Å². The summed E-state index contributed by atoms with van der Waals surface area (Å²) in [6.45, 7) is 2.48. The molecule has 0 aliphatic carbocycles. The minimum atomic E-state index is -0.0465. The van der Waals surface area contributed by atoms with Gasteiger partial charge in [-0.25, -0.2) is 0 Å². The first kappa shape index (κ1) is 15.9. The lowest BCUT2D eigenvalue weighted by Crippen LogP contribution is -2.27. The van der Waals surface area contributed by atoms with Gasteiger partial charge in [0.05, 0.1) is 22.7 Å². The molecule has 6 heteroatoms. The maximum atomic E-state index is 12.7. The molecule has 1 aliphatic rings. The van der Waals surface area contributed by atoms with E-state index in [9.17, 15) is 4.79 Å². The quantitative estimate of drug-likeness (QED) is 0.736. The van der Waals surface area contributed by atoms with Crippen LogP contribution in [0.4, 0.5) is 5.69 Å². The van der Waals surface area contributed by atoms with Crippen molar-refractivity contribution in [3.8, 4) is 10.6 Å². The van der Waals surface area contributed by atoms with Gasteiger partial charge in [0.25, 0.3) is 5.91 Å². The van der Waals surface area contributed by atoms with Gasteiger partial charge in [0.15, 0.2) is 0 Å². The molecule has 1 saturated heterocycles. The van der Waals surface area contributed by atoms with E-state index >= 15 is 0 Å². The van der Waals surface area contributed by atoms with Gasteiger partial charge < -0.3 is 10.2 Å². The maximum Gasteiger partial charge on any atom is 0.253 e. The van der Waals surface area contributed by atoms with E-state index in [-0.39, 0.29) is 5.91 Å². The lowest BCUT2D eigenvalue weighted by atomic mass is 10.1. The van der Waals surface area contributed by atoms with Crippen LogP contribution in [0.5, 0.6) is 0 Å². The van der Waals surface area contributed by atoms with Gasteiger partial charge in [-0.2, -0.15) is 5.10 Å². The molecule has 0 unspecified atom stereocenters. The summed E-state index contributed by atoms with van der Waals surface area (Å²) in [4.78, 5) is 16.1. The van der Waals surface area contributed by atoms with Crippen LogP contribution in [0.3, 0.4) is 0 Å². The number of benzene rings is 1. The molecule has 0 atom stereocenters. The zero-order valence-electron chi connectivity index (χ0n) is 13.9. The molecule has 0 bridgehead atoms. The van der Waals surface area contributed by atoms with Crippen molar-refractivity contribution in [3.63, 3.8) is 0 Å². The number of nitrogens with one attached hydrogen (secondary N) is 2. The topological polar surface area (TPSA) is 61.0 Å². The number of rotatable bonds is 5. The minimum absolute atomic E-state index is 0.0465. The van der Waals surface area contributed by atoms with Gasteiger partial charge in [-0.15, -0.1) is 11.3 Å². The summed E-state index contributed by atoms with van der Waals surface area (Å²) >= 11 is 1.65. The molecule has 0 spiro atoms. The second-order valence-electron chi connectivity index (χ2n) is 6.15. The highest BCUT2D eigenvalue weighted by Crippen LogP contribution is 2.25. The average molecular weight is 352 g/mol. The second-order valence-corrected chi connectivity index (χ2v) is 7.10. The monoisotopic (exact) mass is 352 g/mol. The molecule has 3 heterocycles. The summed E-state index contributed by atoms with van der Waals surface area (Å²) in [5, 5.41) is 12.4. The molecule has 2 N–H and O–H groups in total. The van der Waals surface area contributed by atoms with Crippen LogP contribution in [-0.2, 0) is 6.54 Å². The highest BCUT2D eigenvalue weighted by Gasteiger charge is 2.19. The number of aromatic nitrogens is 2. The Morgan fingerprint density at radius 2 is 2.04 bits per heavy atom. The van der Waals surface area contributed by atoms with Crippen molar-refractivity contribution in [1.29, 1.82) is 0 Å². The van der Waals surface area contributed by atoms with Crippen molar-refractivity contribution in [1.82, 2.24) is 15.5 Å². The second kappa shape index (κ2) is 7.11. The molecule has 0 radical (unpaired) electrons. The number of hydrogen-bond acceptors (Lipinski definition) is 4. The van der Waals surface area contributed by atoms with Gasteiger partial charge in [-0.3, -0.25) is 9.89 Å². The summed E-state index contributed by atoms with van der Waals surface area (Å²) < 4.78 is 0. The van der Waals surface area contributed by atoms with Gasteiger partial charge in [0, 0.05) is 18.8 Å². The number of anilines is 1. The standard InChI is InChI=1S/C19H20N4OS/c24-19(15-6-1-2-7-17(15)23-9-3-4-10-23)20-13-14-12-16(22-21-14)18-8-5-11-25-18/h1-2,5-8,11-12H,3-4,9-10,13H2,(H,20,24)(H,21,22). The molecule has 1 aromatic carbocycles. The molecular weight excluding hydrogens is 332 g/mol. The molecule has 4 rings (SSSR count). The van der Waals surface area contributed by atoms with Gasteiger partial charge >= 0.3 is 0 Å². The zero-order chi connectivity index (χ0) is 17.1. The molecule has 128 valence electrons. The number of para-hydroxylation sites is 1. The van der Waals surface area contributed by atoms with Crippen LogP contribution < -0.4 is 10.2 Å². The van der Waals surface area contributed by atoms with E-state index in [1.165, 1.54) is 12.8 Å². The number of carbonyl (C=O) groups excluding carboxylic acids is 1. The third kappa shape index (κ3) is 3.44. The number of carbonyl (C=O) groups is 1. The van der Waals surface area contributed by atoms with E-state index in [0.29, 0.717) is 6.54 Å². The molecule has 0 saturated carbocycles. The van der Waals surface area contributed by atoms with Gasteiger partial charge in [0.1, 0.15) is 5.69 Å². The molecule has 1 amide bonds. The molecule has 3 aromatic rings. The normalized spacial score (nSPS) is 14.0. The summed E-state index contributed by atoms with van der Waals surface area (Å²) in [6.07, 6.45) is 2.38. The van der Waals surface area contributed by atoms with E-state index in [2.05, 4.69) is 20.4 Å². The fourth-order valence-electron chi connectivity index (χ4n) is 3.17. The number of hydrogen-bond donors (Lipinski definition) is 2. The van der Waals surface area contributed by atoms with Crippen molar-refractivity contribution in [2.75, 3.05) is 18.0 Å². The molecule has 1 fully saturated rings. The highest BCUT2D eigenvalue weighted by atomic mass is 32.1. The Morgan fingerprint density at radius 1 is 1.20 bits per heavy atom. The van der Waals surface area contributed by atoms with Gasteiger partial charge in [-0.05, 0) is 42.5 Å². The first-order valence-electron chi connectivity index (χ1n) is 8.51. The Kier molecular flexibility index (Phi) is 4.52. The smallest absolute Gasteiger partial charge is 0.253 e. The van der Waals surface area contributed by atoms with Crippen LogP contribution in [0.25, 0.3) is 10.6 Å². The molecule has 2 aromatic heterocycles. The Labute approximate surface area is 150 Å². The summed E-state index contributed by atoms with van der Waals surface area (Å²) in [5.41, 5.74) is 3.58. The van der Waals surface area contributed by atoms with Crippen molar-refractivity contribution in [3.05, 3.63) is 59.1 Å².